The maximum Gasteiger partial charge on any atom is 0.234 e. The molecule has 4 nitrogen and oxygen atoms in total. The van der Waals surface area contributed by atoms with E-state index in [0.717, 1.165) is 11.3 Å². The van der Waals surface area contributed by atoms with Gasteiger partial charge in [-0.25, -0.2) is 0 Å². The van der Waals surface area contributed by atoms with Gasteiger partial charge in [0.2, 0.25) is 5.91 Å². The molecule has 17 heavy (non-hydrogen) atoms. The predicted molar refractivity (Wildman–Crippen MR) is 62.5 cm³/mol. The van der Waals surface area contributed by atoms with Gasteiger partial charge < -0.3 is 9.64 Å². The molecule has 0 aliphatic carbocycles. The normalized spacial score (nSPS) is 16.8. The summed E-state index contributed by atoms with van der Waals surface area (Å²) >= 11 is 0. The van der Waals surface area contributed by atoms with Crippen molar-refractivity contribution in [1.82, 2.24) is 4.90 Å². The van der Waals surface area contributed by atoms with Crippen molar-refractivity contribution in [2.45, 2.75) is 12.8 Å². The molecule has 0 bridgehead atoms. The number of para-hydroxylation sites is 1. The lowest BCUT2D eigenvalue weighted by molar-refractivity contribution is -0.132. The highest BCUT2D eigenvalue weighted by atomic mass is 16.5. The first-order valence-corrected chi connectivity index (χ1v) is 5.65. The highest BCUT2D eigenvalue weighted by Crippen LogP contribution is 2.34. The second kappa shape index (κ2) is 4.88. The van der Waals surface area contributed by atoms with Crippen LogP contribution in [0.5, 0.6) is 5.75 Å². The predicted octanol–water partition coefficient (Wildman–Crippen LogP) is 1.53. The van der Waals surface area contributed by atoms with E-state index in [1.807, 2.05) is 37.3 Å². The van der Waals surface area contributed by atoms with Crippen LogP contribution < -0.4 is 4.74 Å². The number of fused-ring (bicyclic) bond motifs is 1. The van der Waals surface area contributed by atoms with Crippen LogP contribution in [0.3, 0.4) is 0 Å². The number of hydrogen-bond donors (Lipinski definition) is 0. The zero-order chi connectivity index (χ0) is 12.3. The Morgan fingerprint density at radius 2 is 2.35 bits per heavy atom. The lowest BCUT2D eigenvalue weighted by Crippen LogP contribution is -2.35. The van der Waals surface area contributed by atoms with E-state index in [0.29, 0.717) is 13.2 Å². The Bertz CT molecular complexity index is 465. The fraction of sp³-hybridized carbons (Fsp3) is 0.385. The van der Waals surface area contributed by atoms with Gasteiger partial charge in [-0.1, -0.05) is 18.2 Å². The minimum absolute atomic E-state index is 0.0287. The highest BCUT2D eigenvalue weighted by molar-refractivity contribution is 5.85. The fourth-order valence-electron chi connectivity index (χ4n) is 2.02. The van der Waals surface area contributed by atoms with Crippen LogP contribution in [-0.2, 0) is 4.79 Å². The number of hydrogen-bond acceptors (Lipinski definition) is 3. The van der Waals surface area contributed by atoms with Crippen molar-refractivity contribution in [2.24, 2.45) is 0 Å². The van der Waals surface area contributed by atoms with Crippen LogP contribution in [-0.4, -0.2) is 30.5 Å². The molecule has 1 aromatic rings. The number of nitriles is 1. The standard InChI is InChI=1S/C13H14N2O2/c1-2-15(8-7-14)13(16)11-9-17-12-6-4-3-5-10(11)12/h3-6,11H,2,8-9H2,1H3. The van der Waals surface area contributed by atoms with Crippen molar-refractivity contribution in [3.63, 3.8) is 0 Å². The van der Waals surface area contributed by atoms with Crippen LogP contribution in [0, 0.1) is 11.3 Å². The molecule has 0 spiro atoms. The molecule has 1 amide bonds. The quantitative estimate of drug-likeness (QED) is 0.740. The van der Waals surface area contributed by atoms with E-state index in [2.05, 4.69) is 0 Å². The van der Waals surface area contributed by atoms with Crippen molar-refractivity contribution in [3.8, 4) is 11.8 Å². The van der Waals surface area contributed by atoms with E-state index < -0.39 is 0 Å². The van der Waals surface area contributed by atoms with Gasteiger partial charge in [0, 0.05) is 12.1 Å². The summed E-state index contributed by atoms with van der Waals surface area (Å²) in [6.07, 6.45) is 0. The maximum absolute atomic E-state index is 12.2. The number of carbonyl (C=O) groups excluding carboxylic acids is 1. The molecule has 0 aromatic heterocycles. The van der Waals surface area contributed by atoms with Crippen LogP contribution in [0.4, 0.5) is 0 Å². The second-order valence-corrected chi connectivity index (χ2v) is 3.91. The minimum atomic E-state index is -0.264. The van der Waals surface area contributed by atoms with Gasteiger partial charge in [-0.15, -0.1) is 0 Å². The van der Waals surface area contributed by atoms with E-state index in [4.69, 9.17) is 10.00 Å². The molecule has 1 aliphatic rings. The summed E-state index contributed by atoms with van der Waals surface area (Å²) < 4.78 is 5.47. The number of carbonyl (C=O) groups is 1. The third-order valence-corrected chi connectivity index (χ3v) is 2.95. The Morgan fingerprint density at radius 3 is 3.06 bits per heavy atom. The molecule has 0 N–H and O–H groups in total. The molecule has 1 aromatic carbocycles. The zero-order valence-corrected chi connectivity index (χ0v) is 9.72. The van der Waals surface area contributed by atoms with E-state index in [-0.39, 0.29) is 18.4 Å². The van der Waals surface area contributed by atoms with Crippen LogP contribution in [0.2, 0.25) is 0 Å². The fourth-order valence-corrected chi connectivity index (χ4v) is 2.02. The van der Waals surface area contributed by atoms with Crippen LogP contribution >= 0.6 is 0 Å². The van der Waals surface area contributed by atoms with E-state index >= 15 is 0 Å². The summed E-state index contributed by atoms with van der Waals surface area (Å²) in [7, 11) is 0. The summed E-state index contributed by atoms with van der Waals surface area (Å²) in [6, 6.07) is 9.57. The molecule has 1 heterocycles. The van der Waals surface area contributed by atoms with Gasteiger partial charge in [-0.2, -0.15) is 5.26 Å². The first kappa shape index (κ1) is 11.5. The van der Waals surface area contributed by atoms with Crippen molar-refractivity contribution < 1.29 is 9.53 Å². The number of benzene rings is 1. The van der Waals surface area contributed by atoms with Crippen LogP contribution in [0.25, 0.3) is 0 Å². The molecule has 1 aliphatic heterocycles. The highest BCUT2D eigenvalue weighted by Gasteiger charge is 2.32. The van der Waals surface area contributed by atoms with Gasteiger partial charge in [-0.05, 0) is 13.0 Å². The Morgan fingerprint density at radius 1 is 1.59 bits per heavy atom. The smallest absolute Gasteiger partial charge is 0.234 e. The van der Waals surface area contributed by atoms with Gasteiger partial charge >= 0.3 is 0 Å². The zero-order valence-electron chi connectivity index (χ0n) is 9.72. The summed E-state index contributed by atoms with van der Waals surface area (Å²) in [5, 5.41) is 8.68. The molecular weight excluding hydrogens is 216 g/mol. The number of rotatable bonds is 3. The van der Waals surface area contributed by atoms with E-state index in [9.17, 15) is 4.79 Å². The third kappa shape index (κ3) is 2.09. The topological polar surface area (TPSA) is 53.3 Å². The molecule has 0 saturated carbocycles. The summed E-state index contributed by atoms with van der Waals surface area (Å²) in [5.41, 5.74) is 0.925. The molecule has 1 unspecified atom stereocenters. The third-order valence-electron chi connectivity index (χ3n) is 2.95. The molecule has 2 rings (SSSR count). The molecule has 0 fully saturated rings. The minimum Gasteiger partial charge on any atom is -0.492 e. The maximum atomic E-state index is 12.2. The molecular formula is C13H14N2O2. The first-order chi connectivity index (χ1) is 8.27. The number of likely N-dealkylation sites (N-methyl/N-ethyl adjacent to an activating group) is 1. The van der Waals surface area contributed by atoms with Gasteiger partial charge in [0.1, 0.15) is 24.8 Å². The molecule has 4 heteroatoms. The average molecular weight is 230 g/mol. The molecule has 1 atom stereocenters. The van der Waals surface area contributed by atoms with Crippen molar-refractivity contribution in [1.29, 1.82) is 5.26 Å². The first-order valence-electron chi connectivity index (χ1n) is 5.65. The summed E-state index contributed by atoms with van der Waals surface area (Å²) in [4.78, 5) is 13.8. The number of amides is 1. The van der Waals surface area contributed by atoms with E-state index in [1.165, 1.54) is 0 Å². The Labute approximate surface area is 100 Å². The Balaban J connectivity index is 2.20. The Hall–Kier alpha value is -2.02. The van der Waals surface area contributed by atoms with Crippen molar-refractivity contribution >= 4 is 5.91 Å². The lowest BCUT2D eigenvalue weighted by Gasteiger charge is -2.20. The summed E-state index contributed by atoms with van der Waals surface area (Å²) in [5.74, 6) is 0.484. The SMILES string of the molecule is CCN(CC#N)C(=O)C1COc2ccccc21. The van der Waals surface area contributed by atoms with Gasteiger partial charge in [0.25, 0.3) is 0 Å². The largest absolute Gasteiger partial charge is 0.492 e. The lowest BCUT2D eigenvalue weighted by atomic mass is 10.00. The monoisotopic (exact) mass is 230 g/mol. The average Bonchev–Trinajstić information content (AvgIpc) is 2.79. The number of ether oxygens (including phenoxy) is 1. The second-order valence-electron chi connectivity index (χ2n) is 3.91. The van der Waals surface area contributed by atoms with Crippen molar-refractivity contribution in [2.75, 3.05) is 19.7 Å². The van der Waals surface area contributed by atoms with Gasteiger partial charge in [0.15, 0.2) is 0 Å². The van der Waals surface area contributed by atoms with Crippen LogP contribution in [0.1, 0.15) is 18.4 Å². The van der Waals surface area contributed by atoms with E-state index in [1.54, 1.807) is 4.90 Å². The molecule has 88 valence electrons. The summed E-state index contributed by atoms with van der Waals surface area (Å²) in [6.45, 7) is 2.93. The van der Waals surface area contributed by atoms with Crippen LogP contribution in [0.15, 0.2) is 24.3 Å². The van der Waals surface area contributed by atoms with Crippen molar-refractivity contribution in [3.05, 3.63) is 29.8 Å². The van der Waals surface area contributed by atoms with Gasteiger partial charge in [0.05, 0.1) is 6.07 Å². The molecule has 0 radical (unpaired) electrons. The van der Waals surface area contributed by atoms with Gasteiger partial charge in [-0.3, -0.25) is 4.79 Å². The Kier molecular flexibility index (Phi) is 3.29. The number of nitrogens with zero attached hydrogens (tertiary/aromatic N) is 2. The molecule has 0 saturated heterocycles.